The summed E-state index contributed by atoms with van der Waals surface area (Å²) in [6.07, 6.45) is 3.92. The van der Waals surface area contributed by atoms with Crippen LogP contribution >= 0.6 is 0 Å². The van der Waals surface area contributed by atoms with Gasteiger partial charge in [0.05, 0.1) is 5.25 Å². The molecule has 3 rings (SSSR count). The number of halogens is 2. The molecule has 0 unspecified atom stereocenters. The molecule has 0 aliphatic heterocycles. The molecule has 1 aliphatic carbocycles. The van der Waals surface area contributed by atoms with Crippen molar-refractivity contribution >= 4 is 27.3 Å². The van der Waals surface area contributed by atoms with E-state index in [4.69, 9.17) is 0 Å². The largest absolute Gasteiger partial charge is 0.337 e. The van der Waals surface area contributed by atoms with E-state index >= 15 is 0 Å². The Balaban J connectivity index is 1.86. The van der Waals surface area contributed by atoms with Crippen molar-refractivity contribution in [2.45, 2.75) is 18.1 Å². The SMILES string of the molecule is O=S(=O)(Nc1nccnc1Nc1ccc(F)c(F)c1)C1CC1. The summed E-state index contributed by atoms with van der Waals surface area (Å²) in [7, 11) is -3.50. The van der Waals surface area contributed by atoms with Gasteiger partial charge in [-0.25, -0.2) is 27.2 Å². The minimum absolute atomic E-state index is 0.0131. The summed E-state index contributed by atoms with van der Waals surface area (Å²) in [6, 6.07) is 3.22. The van der Waals surface area contributed by atoms with Crippen molar-refractivity contribution in [1.82, 2.24) is 9.97 Å². The molecule has 1 aromatic heterocycles. The number of nitrogens with zero attached hydrogens (tertiary/aromatic N) is 2. The van der Waals surface area contributed by atoms with E-state index in [1.54, 1.807) is 0 Å². The topological polar surface area (TPSA) is 84.0 Å². The number of rotatable bonds is 5. The summed E-state index contributed by atoms with van der Waals surface area (Å²) < 4.78 is 52.4. The normalized spacial score (nSPS) is 14.6. The quantitative estimate of drug-likeness (QED) is 0.881. The van der Waals surface area contributed by atoms with E-state index in [2.05, 4.69) is 20.0 Å². The predicted molar refractivity (Wildman–Crippen MR) is 77.2 cm³/mol. The van der Waals surface area contributed by atoms with E-state index in [1.807, 2.05) is 0 Å². The Morgan fingerprint density at radius 2 is 1.73 bits per heavy atom. The zero-order valence-electron chi connectivity index (χ0n) is 11.3. The zero-order valence-corrected chi connectivity index (χ0v) is 12.1. The number of benzene rings is 1. The molecule has 9 heteroatoms. The molecule has 116 valence electrons. The Labute approximate surface area is 125 Å². The second kappa shape index (κ2) is 5.48. The summed E-state index contributed by atoms with van der Waals surface area (Å²) in [4.78, 5) is 7.90. The van der Waals surface area contributed by atoms with E-state index in [0.717, 1.165) is 12.1 Å². The Bertz CT molecular complexity index is 809. The van der Waals surface area contributed by atoms with Gasteiger partial charge < -0.3 is 5.32 Å². The number of anilines is 3. The fourth-order valence-corrected chi connectivity index (χ4v) is 3.15. The Morgan fingerprint density at radius 1 is 1.05 bits per heavy atom. The lowest BCUT2D eigenvalue weighted by Gasteiger charge is -2.11. The fourth-order valence-electron chi connectivity index (χ4n) is 1.81. The lowest BCUT2D eigenvalue weighted by atomic mass is 10.3. The van der Waals surface area contributed by atoms with Crippen molar-refractivity contribution in [3.05, 3.63) is 42.2 Å². The molecule has 0 bridgehead atoms. The maximum absolute atomic E-state index is 13.2. The van der Waals surface area contributed by atoms with Crippen LogP contribution in [-0.4, -0.2) is 23.6 Å². The maximum Gasteiger partial charge on any atom is 0.236 e. The lowest BCUT2D eigenvalue weighted by molar-refractivity contribution is 0.509. The first-order valence-corrected chi connectivity index (χ1v) is 8.05. The van der Waals surface area contributed by atoms with Crippen LogP contribution in [0.5, 0.6) is 0 Å². The molecular formula is C13H12F2N4O2S. The molecule has 22 heavy (non-hydrogen) atoms. The van der Waals surface area contributed by atoms with E-state index in [9.17, 15) is 17.2 Å². The number of sulfonamides is 1. The van der Waals surface area contributed by atoms with Crippen molar-refractivity contribution in [2.75, 3.05) is 10.0 Å². The number of aromatic nitrogens is 2. The van der Waals surface area contributed by atoms with E-state index in [-0.39, 0.29) is 17.3 Å². The fraction of sp³-hybridized carbons (Fsp3) is 0.231. The minimum Gasteiger partial charge on any atom is -0.337 e. The van der Waals surface area contributed by atoms with Gasteiger partial charge in [-0.3, -0.25) is 4.72 Å². The molecule has 0 amide bonds. The molecule has 0 saturated heterocycles. The standard InChI is InChI=1S/C13H12F2N4O2S/c14-10-4-1-8(7-11(10)15)18-12-13(17-6-5-16-12)19-22(20,21)9-2-3-9/h1,4-7,9H,2-3H2,(H,16,18)(H,17,19). The molecule has 1 aromatic carbocycles. The van der Waals surface area contributed by atoms with Gasteiger partial charge in [-0.1, -0.05) is 0 Å². The average molecular weight is 326 g/mol. The van der Waals surface area contributed by atoms with Gasteiger partial charge in [0.25, 0.3) is 0 Å². The molecule has 0 radical (unpaired) electrons. The molecule has 1 heterocycles. The van der Waals surface area contributed by atoms with Gasteiger partial charge in [-0.2, -0.15) is 0 Å². The second-order valence-corrected chi connectivity index (χ2v) is 6.81. The Morgan fingerprint density at radius 3 is 2.36 bits per heavy atom. The molecule has 0 spiro atoms. The van der Waals surface area contributed by atoms with Crippen LogP contribution < -0.4 is 10.0 Å². The molecule has 2 N–H and O–H groups in total. The Kier molecular flexibility index (Phi) is 3.65. The smallest absolute Gasteiger partial charge is 0.236 e. The minimum atomic E-state index is -3.50. The summed E-state index contributed by atoms with van der Waals surface area (Å²) >= 11 is 0. The number of hydrogen-bond donors (Lipinski definition) is 2. The highest BCUT2D eigenvalue weighted by Crippen LogP contribution is 2.31. The van der Waals surface area contributed by atoms with Crippen molar-refractivity contribution in [2.24, 2.45) is 0 Å². The van der Waals surface area contributed by atoms with Gasteiger partial charge in [0.2, 0.25) is 10.0 Å². The molecule has 1 saturated carbocycles. The molecular weight excluding hydrogens is 314 g/mol. The zero-order chi connectivity index (χ0) is 15.7. The monoisotopic (exact) mass is 326 g/mol. The number of nitrogens with one attached hydrogen (secondary N) is 2. The molecule has 6 nitrogen and oxygen atoms in total. The van der Waals surface area contributed by atoms with Gasteiger partial charge in [0.1, 0.15) is 0 Å². The average Bonchev–Trinajstić information content (AvgIpc) is 3.30. The van der Waals surface area contributed by atoms with Crippen LogP contribution in [0, 0.1) is 11.6 Å². The van der Waals surface area contributed by atoms with E-state index < -0.39 is 26.9 Å². The predicted octanol–water partition coefficient (Wildman–Crippen LogP) is 2.40. The van der Waals surface area contributed by atoms with Crippen LogP contribution in [0.2, 0.25) is 0 Å². The van der Waals surface area contributed by atoms with Crippen molar-refractivity contribution in [3.63, 3.8) is 0 Å². The molecule has 1 fully saturated rings. The van der Waals surface area contributed by atoms with Crippen LogP contribution in [0.3, 0.4) is 0 Å². The van der Waals surface area contributed by atoms with E-state index in [1.165, 1.54) is 18.5 Å². The summed E-state index contributed by atoms with van der Waals surface area (Å²) in [5, 5.41) is 2.30. The van der Waals surface area contributed by atoms with Crippen LogP contribution in [0.25, 0.3) is 0 Å². The first-order valence-electron chi connectivity index (χ1n) is 6.50. The molecule has 1 aliphatic rings. The third-order valence-electron chi connectivity index (χ3n) is 3.08. The van der Waals surface area contributed by atoms with Crippen LogP contribution in [-0.2, 0) is 10.0 Å². The molecule has 2 aromatic rings. The second-order valence-electron chi connectivity index (χ2n) is 4.85. The Hall–Kier alpha value is -2.29. The molecule has 0 atom stereocenters. The number of hydrogen-bond acceptors (Lipinski definition) is 5. The van der Waals surface area contributed by atoms with Crippen molar-refractivity contribution in [3.8, 4) is 0 Å². The highest BCUT2D eigenvalue weighted by atomic mass is 32.2. The first kappa shape index (κ1) is 14.6. The van der Waals surface area contributed by atoms with Crippen LogP contribution in [0.15, 0.2) is 30.6 Å². The summed E-state index contributed by atoms with van der Waals surface area (Å²) in [6.45, 7) is 0. The van der Waals surface area contributed by atoms with Gasteiger partial charge in [-0.05, 0) is 25.0 Å². The lowest BCUT2D eigenvalue weighted by Crippen LogP contribution is -2.19. The van der Waals surface area contributed by atoms with Crippen molar-refractivity contribution in [1.29, 1.82) is 0 Å². The van der Waals surface area contributed by atoms with Crippen LogP contribution in [0.1, 0.15) is 12.8 Å². The third kappa shape index (κ3) is 3.14. The highest BCUT2D eigenvalue weighted by molar-refractivity contribution is 7.93. The maximum atomic E-state index is 13.2. The van der Waals surface area contributed by atoms with Crippen LogP contribution in [0.4, 0.5) is 26.1 Å². The highest BCUT2D eigenvalue weighted by Gasteiger charge is 2.36. The first-order chi connectivity index (χ1) is 10.5. The van der Waals surface area contributed by atoms with Gasteiger partial charge in [0.15, 0.2) is 23.3 Å². The van der Waals surface area contributed by atoms with Gasteiger partial charge in [-0.15, -0.1) is 0 Å². The van der Waals surface area contributed by atoms with E-state index in [0.29, 0.717) is 12.8 Å². The summed E-state index contributed by atoms with van der Waals surface area (Å²) in [5.74, 6) is -1.87. The van der Waals surface area contributed by atoms with Gasteiger partial charge in [0, 0.05) is 24.1 Å². The summed E-state index contributed by atoms with van der Waals surface area (Å²) in [5.41, 5.74) is 0.228. The van der Waals surface area contributed by atoms with Gasteiger partial charge >= 0.3 is 0 Å². The third-order valence-corrected chi connectivity index (χ3v) is 4.91. The van der Waals surface area contributed by atoms with Crippen molar-refractivity contribution < 1.29 is 17.2 Å².